The molecular formula is C20H20Cl2N4O2. The average molecular weight is 419 g/mol. The molecule has 0 bridgehead atoms. The first-order chi connectivity index (χ1) is 13.6. The zero-order chi connectivity index (χ0) is 19.8. The Hall–Kier alpha value is -2.57. The number of nitrogens with one attached hydrogen (secondary N) is 1. The van der Waals surface area contributed by atoms with Gasteiger partial charge in [-0.05, 0) is 48.7 Å². The Labute approximate surface area is 173 Å². The fraction of sp³-hybridized carbons (Fsp3) is 0.250. The van der Waals surface area contributed by atoms with E-state index in [0.717, 1.165) is 13.0 Å². The highest BCUT2D eigenvalue weighted by atomic mass is 35.5. The van der Waals surface area contributed by atoms with Crippen molar-refractivity contribution in [1.29, 1.82) is 0 Å². The van der Waals surface area contributed by atoms with Crippen molar-refractivity contribution in [3.63, 3.8) is 0 Å². The van der Waals surface area contributed by atoms with Crippen LogP contribution in [0.15, 0.2) is 55.0 Å². The van der Waals surface area contributed by atoms with E-state index in [1.54, 1.807) is 36.7 Å². The normalized spacial score (nSPS) is 10.6. The predicted octanol–water partition coefficient (Wildman–Crippen LogP) is 4.63. The summed E-state index contributed by atoms with van der Waals surface area (Å²) >= 11 is 11.9. The van der Waals surface area contributed by atoms with Crippen LogP contribution < -0.4 is 10.1 Å². The topological polar surface area (TPSA) is 69.0 Å². The van der Waals surface area contributed by atoms with E-state index in [0.29, 0.717) is 41.1 Å². The first-order valence-electron chi connectivity index (χ1n) is 8.90. The minimum atomic E-state index is -0.106. The zero-order valence-electron chi connectivity index (χ0n) is 15.1. The van der Waals surface area contributed by atoms with E-state index in [9.17, 15) is 4.79 Å². The number of carbonyl (C=O) groups is 1. The lowest BCUT2D eigenvalue weighted by molar-refractivity contribution is -0.116. The average Bonchev–Trinajstić information content (AvgIpc) is 3.13. The van der Waals surface area contributed by atoms with Gasteiger partial charge in [0, 0.05) is 42.6 Å². The number of anilines is 1. The van der Waals surface area contributed by atoms with Crippen molar-refractivity contribution in [1.82, 2.24) is 14.8 Å². The summed E-state index contributed by atoms with van der Waals surface area (Å²) in [4.78, 5) is 16.1. The molecule has 3 rings (SSSR count). The zero-order valence-corrected chi connectivity index (χ0v) is 16.7. The lowest BCUT2D eigenvalue weighted by Gasteiger charge is -2.08. The number of amides is 1. The molecule has 1 N–H and O–H groups in total. The molecule has 6 nitrogen and oxygen atoms in total. The van der Waals surface area contributed by atoms with Gasteiger partial charge in [-0.25, -0.2) is 0 Å². The molecule has 0 saturated heterocycles. The van der Waals surface area contributed by atoms with Gasteiger partial charge in [-0.3, -0.25) is 14.5 Å². The largest absolute Gasteiger partial charge is 0.492 e. The van der Waals surface area contributed by atoms with E-state index in [4.69, 9.17) is 27.9 Å². The number of benzene rings is 1. The smallest absolute Gasteiger partial charge is 0.225 e. The lowest BCUT2D eigenvalue weighted by Crippen LogP contribution is -2.13. The van der Waals surface area contributed by atoms with Crippen LogP contribution in [0.3, 0.4) is 0 Å². The number of rotatable bonds is 9. The van der Waals surface area contributed by atoms with Crippen LogP contribution in [0.2, 0.25) is 10.0 Å². The molecule has 0 aliphatic heterocycles. The second-order valence-electron chi connectivity index (χ2n) is 6.14. The summed E-state index contributed by atoms with van der Waals surface area (Å²) in [5.41, 5.74) is 1.19. The number of halogens is 2. The molecule has 8 heteroatoms. The van der Waals surface area contributed by atoms with E-state index in [-0.39, 0.29) is 5.91 Å². The lowest BCUT2D eigenvalue weighted by atomic mass is 10.2. The van der Waals surface area contributed by atoms with Crippen LogP contribution in [0.4, 0.5) is 5.82 Å². The van der Waals surface area contributed by atoms with Gasteiger partial charge in [0.25, 0.3) is 0 Å². The maximum atomic E-state index is 12.1. The van der Waals surface area contributed by atoms with Crippen LogP contribution in [-0.4, -0.2) is 27.3 Å². The van der Waals surface area contributed by atoms with Crippen LogP contribution in [0.1, 0.15) is 18.4 Å². The molecule has 2 aromatic heterocycles. The maximum Gasteiger partial charge on any atom is 0.225 e. The van der Waals surface area contributed by atoms with Crippen molar-refractivity contribution >= 4 is 34.9 Å². The van der Waals surface area contributed by atoms with Gasteiger partial charge < -0.3 is 10.1 Å². The summed E-state index contributed by atoms with van der Waals surface area (Å²) < 4.78 is 7.38. The van der Waals surface area contributed by atoms with Gasteiger partial charge in [0.05, 0.1) is 11.6 Å². The Morgan fingerprint density at radius 3 is 2.75 bits per heavy atom. The number of aryl methyl sites for hydroxylation is 2. The number of aromatic nitrogens is 3. The summed E-state index contributed by atoms with van der Waals surface area (Å²) in [5, 5.41) is 8.17. The molecule has 1 amide bonds. The Bertz CT molecular complexity index is 916. The molecule has 0 radical (unpaired) electrons. The summed E-state index contributed by atoms with van der Waals surface area (Å²) in [6, 6.07) is 10.8. The molecular weight excluding hydrogens is 399 g/mol. The molecule has 0 fully saturated rings. The minimum Gasteiger partial charge on any atom is -0.492 e. The molecule has 0 atom stereocenters. The highest BCUT2D eigenvalue weighted by Crippen LogP contribution is 2.27. The van der Waals surface area contributed by atoms with Gasteiger partial charge in [0.1, 0.15) is 5.75 Å². The molecule has 0 aliphatic rings. The molecule has 0 saturated carbocycles. The Morgan fingerprint density at radius 2 is 1.96 bits per heavy atom. The number of pyridine rings is 1. The van der Waals surface area contributed by atoms with E-state index < -0.39 is 0 Å². The van der Waals surface area contributed by atoms with Crippen molar-refractivity contribution in [2.75, 3.05) is 11.9 Å². The fourth-order valence-corrected chi connectivity index (χ4v) is 3.02. The number of hydrogen-bond acceptors (Lipinski definition) is 4. The second-order valence-corrected chi connectivity index (χ2v) is 6.99. The Balaban J connectivity index is 1.37. The molecule has 0 aliphatic carbocycles. The third-order valence-electron chi connectivity index (χ3n) is 3.99. The number of nitrogens with zero attached hydrogens (tertiary/aromatic N) is 3. The molecule has 28 heavy (non-hydrogen) atoms. The van der Waals surface area contributed by atoms with Crippen LogP contribution in [0.25, 0.3) is 0 Å². The third-order valence-corrected chi connectivity index (χ3v) is 4.52. The highest BCUT2D eigenvalue weighted by Gasteiger charge is 2.07. The van der Waals surface area contributed by atoms with Crippen LogP contribution in [0.5, 0.6) is 5.75 Å². The summed E-state index contributed by atoms with van der Waals surface area (Å²) in [6.07, 6.45) is 7.14. The van der Waals surface area contributed by atoms with Crippen molar-refractivity contribution in [3.05, 3.63) is 70.6 Å². The summed E-state index contributed by atoms with van der Waals surface area (Å²) in [5.74, 6) is 0.992. The Morgan fingerprint density at radius 1 is 1.14 bits per heavy atom. The number of ether oxygens (including phenoxy) is 1. The first kappa shape index (κ1) is 20.2. The van der Waals surface area contributed by atoms with Crippen molar-refractivity contribution in [3.8, 4) is 5.75 Å². The molecule has 1 aromatic carbocycles. The molecule has 0 unspecified atom stereocenters. The van der Waals surface area contributed by atoms with Crippen molar-refractivity contribution in [2.45, 2.75) is 25.8 Å². The van der Waals surface area contributed by atoms with Gasteiger partial charge in [-0.2, -0.15) is 5.10 Å². The van der Waals surface area contributed by atoms with E-state index in [1.165, 1.54) is 5.56 Å². The van der Waals surface area contributed by atoms with Gasteiger partial charge >= 0.3 is 0 Å². The minimum absolute atomic E-state index is 0.106. The molecule has 2 heterocycles. The van der Waals surface area contributed by atoms with E-state index >= 15 is 0 Å². The van der Waals surface area contributed by atoms with Crippen molar-refractivity contribution < 1.29 is 9.53 Å². The SMILES string of the molecule is O=C(CCCOc1ccc(Cl)cc1Cl)Nc1ccn(CCc2ccncc2)n1. The van der Waals surface area contributed by atoms with Gasteiger partial charge in [0.2, 0.25) is 5.91 Å². The number of carbonyl (C=O) groups excluding carboxylic acids is 1. The van der Waals surface area contributed by atoms with Crippen LogP contribution in [0, 0.1) is 0 Å². The summed E-state index contributed by atoms with van der Waals surface area (Å²) in [7, 11) is 0. The second kappa shape index (κ2) is 10.1. The molecule has 3 aromatic rings. The van der Waals surface area contributed by atoms with Crippen LogP contribution >= 0.6 is 23.2 Å². The maximum absolute atomic E-state index is 12.1. The van der Waals surface area contributed by atoms with Gasteiger partial charge in [-0.15, -0.1) is 0 Å². The van der Waals surface area contributed by atoms with Gasteiger partial charge in [0.15, 0.2) is 5.82 Å². The standard InChI is InChI=1S/C20H20Cl2N4O2/c21-16-3-4-18(17(22)14-16)28-13-1-2-20(27)24-19-8-12-26(25-19)11-7-15-5-9-23-10-6-15/h3-6,8-10,12,14H,1-2,7,11,13H2,(H,24,25,27). The Kier molecular flexibility index (Phi) is 7.28. The predicted molar refractivity (Wildman–Crippen MR) is 110 cm³/mol. The van der Waals surface area contributed by atoms with Gasteiger partial charge in [-0.1, -0.05) is 23.2 Å². The quantitative estimate of drug-likeness (QED) is 0.514. The summed E-state index contributed by atoms with van der Waals surface area (Å²) in [6.45, 7) is 1.12. The van der Waals surface area contributed by atoms with Crippen molar-refractivity contribution in [2.24, 2.45) is 0 Å². The highest BCUT2D eigenvalue weighted by molar-refractivity contribution is 6.35. The van der Waals surface area contributed by atoms with Crippen LogP contribution in [-0.2, 0) is 17.8 Å². The first-order valence-corrected chi connectivity index (χ1v) is 9.66. The number of hydrogen-bond donors (Lipinski definition) is 1. The fourth-order valence-electron chi connectivity index (χ4n) is 2.56. The van der Waals surface area contributed by atoms with E-state index in [1.807, 2.05) is 23.0 Å². The van der Waals surface area contributed by atoms with E-state index in [2.05, 4.69) is 15.4 Å². The molecule has 146 valence electrons. The monoisotopic (exact) mass is 418 g/mol. The third kappa shape index (κ3) is 6.25. The molecule has 0 spiro atoms.